The van der Waals surface area contributed by atoms with Crippen molar-refractivity contribution in [1.82, 2.24) is 9.78 Å². The van der Waals surface area contributed by atoms with Crippen LogP contribution >= 0.6 is 27.3 Å². The third-order valence-corrected chi connectivity index (χ3v) is 3.76. The lowest BCUT2D eigenvalue weighted by molar-refractivity contribution is 0.781. The van der Waals surface area contributed by atoms with Gasteiger partial charge in [0.15, 0.2) is 0 Å². The van der Waals surface area contributed by atoms with Gasteiger partial charge in [0.25, 0.3) is 0 Å². The molecule has 0 atom stereocenters. The summed E-state index contributed by atoms with van der Waals surface area (Å²) in [5.74, 6) is 0.604. The zero-order valence-electron chi connectivity index (χ0n) is 7.91. The molecule has 0 amide bonds. The van der Waals surface area contributed by atoms with Gasteiger partial charge in [0.05, 0.1) is 14.4 Å². The molecule has 0 saturated carbocycles. The van der Waals surface area contributed by atoms with Crippen LogP contribution in [0.25, 0.3) is 10.6 Å². The molecule has 74 valence electrons. The minimum absolute atomic E-state index is 0.604. The molecule has 0 aliphatic carbocycles. The lowest BCUT2D eigenvalue weighted by atomic mass is 10.2. The largest absolute Gasteiger partial charge is 0.382 e. The second-order valence-corrected chi connectivity index (χ2v) is 5.55. The van der Waals surface area contributed by atoms with Crippen LogP contribution in [0, 0.1) is 6.92 Å². The second-order valence-electron chi connectivity index (χ2n) is 3.09. The lowest BCUT2D eigenvalue weighted by Crippen LogP contribution is -1.93. The monoisotopic (exact) mass is 271 g/mol. The molecule has 0 radical (unpaired) electrons. The van der Waals surface area contributed by atoms with E-state index in [9.17, 15) is 0 Å². The van der Waals surface area contributed by atoms with Gasteiger partial charge in [-0.05, 0) is 35.0 Å². The molecule has 0 fully saturated rings. The Morgan fingerprint density at radius 2 is 2.21 bits per heavy atom. The predicted molar refractivity (Wildman–Crippen MR) is 63.4 cm³/mol. The van der Waals surface area contributed by atoms with Crippen molar-refractivity contribution in [3.05, 3.63) is 21.5 Å². The summed E-state index contributed by atoms with van der Waals surface area (Å²) in [6, 6.07) is 4.10. The number of nitrogens with zero attached hydrogens (tertiary/aromatic N) is 2. The number of aryl methyl sites for hydroxylation is 1. The number of hydrogen-bond donors (Lipinski definition) is 1. The van der Waals surface area contributed by atoms with Gasteiger partial charge in [-0.2, -0.15) is 5.10 Å². The van der Waals surface area contributed by atoms with Crippen LogP contribution in [0.4, 0.5) is 5.82 Å². The molecule has 2 aromatic heterocycles. The molecular weight excluding hydrogens is 262 g/mol. The van der Waals surface area contributed by atoms with Crippen molar-refractivity contribution in [2.45, 2.75) is 6.92 Å². The van der Waals surface area contributed by atoms with E-state index in [-0.39, 0.29) is 0 Å². The van der Waals surface area contributed by atoms with Crippen LogP contribution in [-0.4, -0.2) is 9.78 Å². The summed E-state index contributed by atoms with van der Waals surface area (Å²) < 4.78 is 2.94. The summed E-state index contributed by atoms with van der Waals surface area (Å²) in [5.41, 5.74) is 7.89. The van der Waals surface area contributed by atoms with Gasteiger partial charge in [-0.25, -0.2) is 0 Å². The number of nitrogens with two attached hydrogens (primary N) is 1. The van der Waals surface area contributed by atoms with Gasteiger partial charge in [0, 0.05) is 12.6 Å². The summed E-state index contributed by atoms with van der Waals surface area (Å²) in [6.07, 6.45) is 0. The molecule has 0 aliphatic heterocycles. The van der Waals surface area contributed by atoms with Gasteiger partial charge >= 0.3 is 0 Å². The van der Waals surface area contributed by atoms with Gasteiger partial charge in [-0.3, -0.25) is 4.68 Å². The highest BCUT2D eigenvalue weighted by atomic mass is 79.9. The smallest absolute Gasteiger partial charge is 0.149 e. The summed E-state index contributed by atoms with van der Waals surface area (Å²) in [4.78, 5) is 1.18. The van der Waals surface area contributed by atoms with Crippen molar-refractivity contribution in [3.8, 4) is 10.6 Å². The Morgan fingerprint density at radius 3 is 2.64 bits per heavy atom. The third-order valence-electron chi connectivity index (χ3n) is 2.13. The van der Waals surface area contributed by atoms with Crippen LogP contribution in [0.2, 0.25) is 0 Å². The Labute approximate surface area is 94.7 Å². The number of halogens is 1. The molecule has 2 rings (SSSR count). The molecule has 2 heterocycles. The quantitative estimate of drug-likeness (QED) is 0.867. The normalized spacial score (nSPS) is 10.8. The number of nitrogen functional groups attached to an aromatic ring is 1. The number of aromatic nitrogens is 2. The maximum absolute atomic E-state index is 5.75. The fraction of sp³-hybridized carbons (Fsp3) is 0.222. The average molecular weight is 272 g/mol. The topological polar surface area (TPSA) is 43.8 Å². The van der Waals surface area contributed by atoms with Crippen molar-refractivity contribution in [2.24, 2.45) is 7.05 Å². The van der Waals surface area contributed by atoms with Gasteiger partial charge in [0.1, 0.15) is 5.82 Å². The van der Waals surface area contributed by atoms with Crippen LogP contribution in [0.5, 0.6) is 0 Å². The second kappa shape index (κ2) is 3.40. The Bertz CT molecular complexity index is 472. The highest BCUT2D eigenvalue weighted by molar-refractivity contribution is 9.11. The van der Waals surface area contributed by atoms with E-state index in [1.54, 1.807) is 11.3 Å². The standard InChI is InChI=1S/C9H10BrN3S/c1-5-8(13(2)12-9(5)11)6-3-4-7(10)14-6/h3-4H,1-2H3,(H2,11,12). The van der Waals surface area contributed by atoms with Crippen LogP contribution in [-0.2, 0) is 7.05 Å². The van der Waals surface area contributed by atoms with Crippen molar-refractivity contribution in [3.63, 3.8) is 0 Å². The average Bonchev–Trinajstić information content (AvgIpc) is 2.60. The highest BCUT2D eigenvalue weighted by Gasteiger charge is 2.13. The molecule has 3 nitrogen and oxygen atoms in total. The Balaban J connectivity index is 2.61. The number of thiophene rings is 1. The van der Waals surface area contributed by atoms with E-state index in [0.717, 1.165) is 15.0 Å². The first-order chi connectivity index (χ1) is 6.59. The molecule has 0 unspecified atom stereocenters. The van der Waals surface area contributed by atoms with Gasteiger partial charge in [-0.1, -0.05) is 0 Å². The Kier molecular flexibility index (Phi) is 2.36. The molecule has 0 aromatic carbocycles. The van der Waals surface area contributed by atoms with Crippen molar-refractivity contribution < 1.29 is 0 Å². The molecule has 0 bridgehead atoms. The van der Waals surface area contributed by atoms with Crippen LogP contribution in [0.15, 0.2) is 15.9 Å². The first-order valence-corrected chi connectivity index (χ1v) is 5.75. The van der Waals surface area contributed by atoms with Crippen molar-refractivity contribution in [2.75, 3.05) is 5.73 Å². The molecule has 2 aromatic rings. The fourth-order valence-corrected chi connectivity index (χ4v) is 2.96. The van der Waals surface area contributed by atoms with Crippen molar-refractivity contribution in [1.29, 1.82) is 0 Å². The van der Waals surface area contributed by atoms with Crippen LogP contribution in [0.1, 0.15) is 5.56 Å². The summed E-state index contributed by atoms with van der Waals surface area (Å²) in [5, 5.41) is 4.18. The van der Waals surface area contributed by atoms with E-state index in [4.69, 9.17) is 5.73 Å². The van der Waals surface area contributed by atoms with E-state index in [0.29, 0.717) is 5.82 Å². The number of rotatable bonds is 1. The lowest BCUT2D eigenvalue weighted by Gasteiger charge is -1.98. The SMILES string of the molecule is Cc1c(N)nn(C)c1-c1ccc(Br)s1. The zero-order chi connectivity index (χ0) is 10.3. The Hall–Kier alpha value is -0.810. The van der Waals surface area contributed by atoms with Gasteiger partial charge in [-0.15, -0.1) is 11.3 Å². The molecule has 2 N–H and O–H groups in total. The predicted octanol–water partition coefficient (Wildman–Crippen LogP) is 2.80. The zero-order valence-corrected chi connectivity index (χ0v) is 10.3. The minimum Gasteiger partial charge on any atom is -0.382 e. The van der Waals surface area contributed by atoms with E-state index in [1.807, 2.05) is 24.7 Å². The Morgan fingerprint density at radius 1 is 1.50 bits per heavy atom. The first-order valence-electron chi connectivity index (χ1n) is 4.14. The number of hydrogen-bond acceptors (Lipinski definition) is 3. The molecule has 0 saturated heterocycles. The summed E-state index contributed by atoms with van der Waals surface area (Å²) >= 11 is 5.13. The summed E-state index contributed by atoms with van der Waals surface area (Å²) in [7, 11) is 1.91. The maximum Gasteiger partial charge on any atom is 0.149 e. The van der Waals surface area contributed by atoms with Crippen LogP contribution in [0.3, 0.4) is 0 Å². The molecule has 5 heteroatoms. The fourth-order valence-electron chi connectivity index (χ4n) is 1.44. The third kappa shape index (κ3) is 1.46. The van der Waals surface area contributed by atoms with E-state index in [1.165, 1.54) is 4.88 Å². The molecule has 0 aliphatic rings. The van der Waals surface area contributed by atoms with E-state index >= 15 is 0 Å². The summed E-state index contributed by atoms with van der Waals surface area (Å²) in [6.45, 7) is 1.99. The molecule has 0 spiro atoms. The van der Waals surface area contributed by atoms with E-state index in [2.05, 4.69) is 27.1 Å². The molecular formula is C9H10BrN3S. The minimum atomic E-state index is 0.604. The van der Waals surface area contributed by atoms with Gasteiger partial charge in [0.2, 0.25) is 0 Å². The first kappa shape index (κ1) is 9.73. The van der Waals surface area contributed by atoms with E-state index < -0.39 is 0 Å². The number of anilines is 1. The van der Waals surface area contributed by atoms with Gasteiger partial charge < -0.3 is 5.73 Å². The van der Waals surface area contributed by atoms with Crippen molar-refractivity contribution >= 4 is 33.1 Å². The molecule has 14 heavy (non-hydrogen) atoms. The van der Waals surface area contributed by atoms with Crippen LogP contribution < -0.4 is 5.73 Å². The maximum atomic E-state index is 5.75. The highest BCUT2D eigenvalue weighted by Crippen LogP contribution is 2.34.